The summed E-state index contributed by atoms with van der Waals surface area (Å²) >= 11 is 0. The maximum atomic E-state index is 12.7. The fraction of sp³-hybridized carbons (Fsp3) is 0.200. The Morgan fingerprint density at radius 1 is 1.08 bits per heavy atom. The molecule has 0 atom stereocenters. The van der Waals surface area contributed by atoms with E-state index in [1.54, 1.807) is 4.90 Å². The number of piperazine rings is 1. The Morgan fingerprint density at radius 2 is 1.92 bits per heavy atom. The molecular formula is C20H19N3O2. The van der Waals surface area contributed by atoms with Gasteiger partial charge in [-0.05, 0) is 29.1 Å². The lowest BCUT2D eigenvalue weighted by Crippen LogP contribution is -2.49. The molecular weight excluding hydrogens is 314 g/mol. The van der Waals surface area contributed by atoms with Crippen molar-refractivity contribution in [3.8, 4) is 0 Å². The second-order valence-electron chi connectivity index (χ2n) is 6.28. The van der Waals surface area contributed by atoms with Gasteiger partial charge in [-0.1, -0.05) is 36.4 Å². The number of rotatable bonds is 3. The molecule has 1 fully saturated rings. The van der Waals surface area contributed by atoms with E-state index in [0.29, 0.717) is 18.7 Å². The Balaban J connectivity index is 1.64. The highest BCUT2D eigenvalue weighted by atomic mass is 16.2. The summed E-state index contributed by atoms with van der Waals surface area (Å²) in [6.07, 6.45) is 2.04. The first kappa shape index (κ1) is 15.4. The van der Waals surface area contributed by atoms with Crippen molar-refractivity contribution >= 4 is 22.7 Å². The number of hydrogen-bond acceptors (Lipinski definition) is 2. The zero-order valence-electron chi connectivity index (χ0n) is 13.8. The van der Waals surface area contributed by atoms with E-state index in [2.05, 4.69) is 28.1 Å². The molecule has 0 aliphatic carbocycles. The third-order valence-electron chi connectivity index (χ3n) is 4.54. The molecule has 0 unspecified atom stereocenters. The summed E-state index contributed by atoms with van der Waals surface area (Å²) in [5.74, 6) is -0.197. The number of carbonyl (C=O) groups excluding carboxylic acids is 2. The average Bonchev–Trinajstić information content (AvgIpc) is 3.04. The predicted octanol–water partition coefficient (Wildman–Crippen LogP) is 2.26. The van der Waals surface area contributed by atoms with Crippen LogP contribution in [0.5, 0.6) is 0 Å². The molecule has 0 bridgehead atoms. The third-order valence-corrected chi connectivity index (χ3v) is 4.54. The van der Waals surface area contributed by atoms with Crippen LogP contribution in [0.2, 0.25) is 0 Å². The molecule has 1 N–H and O–H groups in total. The van der Waals surface area contributed by atoms with Gasteiger partial charge in [0.25, 0.3) is 5.91 Å². The number of carbonyl (C=O) groups is 2. The molecule has 5 heteroatoms. The van der Waals surface area contributed by atoms with Crippen LogP contribution in [-0.4, -0.2) is 40.9 Å². The number of aromatic nitrogens is 1. The summed E-state index contributed by atoms with van der Waals surface area (Å²) in [5.41, 5.74) is 2.86. The van der Waals surface area contributed by atoms with Gasteiger partial charge in [-0.25, -0.2) is 0 Å². The van der Waals surface area contributed by atoms with Crippen molar-refractivity contribution in [2.45, 2.75) is 6.54 Å². The lowest BCUT2D eigenvalue weighted by atomic mass is 10.1. The Bertz CT molecular complexity index is 931. The molecule has 0 radical (unpaired) electrons. The van der Waals surface area contributed by atoms with Crippen molar-refractivity contribution < 1.29 is 9.59 Å². The Morgan fingerprint density at radius 3 is 2.72 bits per heavy atom. The highest BCUT2D eigenvalue weighted by Gasteiger charge is 2.22. The van der Waals surface area contributed by atoms with Gasteiger partial charge in [0.15, 0.2) is 0 Å². The van der Waals surface area contributed by atoms with Crippen molar-refractivity contribution in [2.75, 3.05) is 19.6 Å². The van der Waals surface area contributed by atoms with E-state index in [-0.39, 0.29) is 18.4 Å². The third kappa shape index (κ3) is 3.13. The molecule has 2 aromatic carbocycles. The largest absolute Gasteiger partial charge is 0.353 e. The normalized spacial score (nSPS) is 14.6. The van der Waals surface area contributed by atoms with Crippen molar-refractivity contribution in [3.05, 3.63) is 71.9 Å². The Labute approximate surface area is 145 Å². The van der Waals surface area contributed by atoms with E-state index in [1.807, 2.05) is 42.6 Å². The van der Waals surface area contributed by atoms with Gasteiger partial charge >= 0.3 is 0 Å². The topological polar surface area (TPSA) is 54.3 Å². The standard InChI is InChI=1S/C20H19N3O2/c24-19-14-23(11-9-21-19)20(25)17-7-6-16-8-10-22(18(16)12-17)13-15-4-2-1-3-5-15/h1-8,10,12H,9,11,13-14H2,(H,21,24). The first-order valence-corrected chi connectivity index (χ1v) is 8.39. The van der Waals surface area contributed by atoms with Gasteiger partial charge in [0.1, 0.15) is 0 Å². The highest BCUT2D eigenvalue weighted by molar-refractivity contribution is 6.00. The molecule has 5 nitrogen and oxygen atoms in total. The van der Waals surface area contributed by atoms with E-state index < -0.39 is 0 Å². The monoisotopic (exact) mass is 333 g/mol. The van der Waals surface area contributed by atoms with Gasteiger partial charge in [-0.15, -0.1) is 0 Å². The van der Waals surface area contributed by atoms with Crippen LogP contribution in [0.1, 0.15) is 15.9 Å². The molecule has 25 heavy (non-hydrogen) atoms. The second-order valence-corrected chi connectivity index (χ2v) is 6.28. The highest BCUT2D eigenvalue weighted by Crippen LogP contribution is 2.20. The molecule has 1 saturated heterocycles. The van der Waals surface area contributed by atoms with Crippen molar-refractivity contribution in [1.82, 2.24) is 14.8 Å². The molecule has 1 aliphatic rings. The molecule has 3 aromatic rings. The van der Waals surface area contributed by atoms with Crippen LogP contribution in [0.3, 0.4) is 0 Å². The molecule has 2 amide bonds. The zero-order valence-corrected chi connectivity index (χ0v) is 13.8. The lowest BCUT2D eigenvalue weighted by Gasteiger charge is -2.26. The minimum Gasteiger partial charge on any atom is -0.353 e. The van der Waals surface area contributed by atoms with Gasteiger partial charge in [0.2, 0.25) is 5.91 Å². The quantitative estimate of drug-likeness (QED) is 0.799. The van der Waals surface area contributed by atoms with Crippen molar-refractivity contribution in [3.63, 3.8) is 0 Å². The summed E-state index contributed by atoms with van der Waals surface area (Å²) in [4.78, 5) is 25.8. The molecule has 126 valence electrons. The Kier molecular flexibility index (Phi) is 3.98. The van der Waals surface area contributed by atoms with E-state index in [1.165, 1.54) is 5.56 Å². The van der Waals surface area contributed by atoms with Crippen LogP contribution >= 0.6 is 0 Å². The summed E-state index contributed by atoms with van der Waals surface area (Å²) in [5, 5.41) is 3.84. The average molecular weight is 333 g/mol. The summed E-state index contributed by atoms with van der Waals surface area (Å²) < 4.78 is 2.14. The molecule has 4 rings (SSSR count). The fourth-order valence-electron chi connectivity index (χ4n) is 3.23. The maximum Gasteiger partial charge on any atom is 0.254 e. The number of benzene rings is 2. The van der Waals surface area contributed by atoms with Crippen molar-refractivity contribution in [1.29, 1.82) is 0 Å². The summed E-state index contributed by atoms with van der Waals surface area (Å²) in [6.45, 7) is 1.95. The first-order valence-electron chi connectivity index (χ1n) is 8.39. The van der Waals surface area contributed by atoms with Gasteiger partial charge in [-0.2, -0.15) is 0 Å². The molecule has 2 heterocycles. The van der Waals surface area contributed by atoms with Gasteiger partial charge in [0, 0.05) is 36.9 Å². The van der Waals surface area contributed by atoms with Crippen LogP contribution in [-0.2, 0) is 11.3 Å². The van der Waals surface area contributed by atoms with E-state index >= 15 is 0 Å². The molecule has 1 aliphatic heterocycles. The van der Waals surface area contributed by atoms with Crippen LogP contribution in [0.4, 0.5) is 0 Å². The number of nitrogens with one attached hydrogen (secondary N) is 1. The van der Waals surface area contributed by atoms with E-state index in [4.69, 9.17) is 0 Å². The smallest absolute Gasteiger partial charge is 0.254 e. The number of hydrogen-bond donors (Lipinski definition) is 1. The lowest BCUT2D eigenvalue weighted by molar-refractivity contribution is -0.123. The molecule has 0 saturated carbocycles. The second kappa shape index (κ2) is 6.43. The SMILES string of the molecule is O=C1CN(C(=O)c2ccc3ccn(Cc4ccccc4)c3c2)CCN1. The molecule has 0 spiro atoms. The molecule has 1 aromatic heterocycles. The number of amides is 2. The van der Waals surface area contributed by atoms with Gasteiger partial charge < -0.3 is 14.8 Å². The van der Waals surface area contributed by atoms with Crippen molar-refractivity contribution in [2.24, 2.45) is 0 Å². The van der Waals surface area contributed by atoms with E-state index in [9.17, 15) is 9.59 Å². The van der Waals surface area contributed by atoms with Crippen LogP contribution in [0.25, 0.3) is 10.9 Å². The van der Waals surface area contributed by atoms with Crippen LogP contribution in [0, 0.1) is 0 Å². The van der Waals surface area contributed by atoms with Crippen LogP contribution in [0.15, 0.2) is 60.8 Å². The summed E-state index contributed by atoms with van der Waals surface area (Å²) in [7, 11) is 0. The van der Waals surface area contributed by atoms with Gasteiger partial charge in [-0.3, -0.25) is 9.59 Å². The summed E-state index contributed by atoms with van der Waals surface area (Å²) in [6, 6.07) is 18.0. The zero-order chi connectivity index (χ0) is 17.2. The minimum atomic E-state index is -0.104. The minimum absolute atomic E-state index is 0.0933. The van der Waals surface area contributed by atoms with Crippen LogP contribution < -0.4 is 5.32 Å². The predicted molar refractivity (Wildman–Crippen MR) is 96.4 cm³/mol. The number of fused-ring (bicyclic) bond motifs is 1. The van der Waals surface area contributed by atoms with Gasteiger partial charge in [0.05, 0.1) is 6.54 Å². The number of nitrogens with zero attached hydrogens (tertiary/aromatic N) is 2. The Hall–Kier alpha value is -3.08. The fourth-order valence-corrected chi connectivity index (χ4v) is 3.23. The van der Waals surface area contributed by atoms with E-state index in [0.717, 1.165) is 17.4 Å². The first-order chi connectivity index (χ1) is 12.2. The maximum absolute atomic E-state index is 12.7.